The number of rotatable bonds is 11. The molecule has 4 nitrogen and oxygen atoms in total. The minimum absolute atomic E-state index is 0.328. The number of likely N-dealkylation sites (tertiary alicyclic amines) is 1. The molecule has 7 heteroatoms. The fourth-order valence-electron chi connectivity index (χ4n) is 7.30. The molecule has 0 spiro atoms. The number of nitrogens with two attached hydrogens (primary N) is 1. The molecule has 3 heterocycles. The van der Waals surface area contributed by atoms with Crippen LogP contribution in [0.15, 0.2) is 77.5 Å². The SMILES string of the molecule is CC.CN.Cc1cccc(-c2nc(CC(CN3CCCC3)C(Cc3csc(-c4cccc(CF)c4)n3)c3ccc4c(c3)CCCC4)cs2)c1. The normalized spacial score (nSPS) is 15.4. The molecule has 1 saturated heterocycles. The summed E-state index contributed by atoms with van der Waals surface area (Å²) in [5.41, 5.74) is 15.5. The number of aromatic nitrogens is 2. The second-order valence-electron chi connectivity index (χ2n) is 13.0. The van der Waals surface area contributed by atoms with Gasteiger partial charge < -0.3 is 10.6 Å². The van der Waals surface area contributed by atoms with Gasteiger partial charge in [-0.05, 0) is 125 Å². The molecule has 3 aromatic carbocycles. The molecule has 49 heavy (non-hydrogen) atoms. The molecule has 0 saturated carbocycles. The molecule has 2 N–H and O–H groups in total. The number of hydrogen-bond acceptors (Lipinski definition) is 6. The summed E-state index contributed by atoms with van der Waals surface area (Å²) in [6.07, 6.45) is 9.39. The molecule has 2 atom stereocenters. The first-order valence-electron chi connectivity index (χ1n) is 18.1. The van der Waals surface area contributed by atoms with Crippen molar-refractivity contribution >= 4 is 22.7 Å². The van der Waals surface area contributed by atoms with Gasteiger partial charge in [-0.2, -0.15) is 0 Å². The number of benzene rings is 3. The smallest absolute Gasteiger partial charge is 0.123 e. The molecule has 1 aliphatic heterocycles. The van der Waals surface area contributed by atoms with Gasteiger partial charge in [0, 0.05) is 28.4 Å². The summed E-state index contributed by atoms with van der Waals surface area (Å²) >= 11 is 3.45. The first kappa shape index (κ1) is 37.0. The molecule has 260 valence electrons. The van der Waals surface area contributed by atoms with E-state index in [2.05, 4.69) is 70.8 Å². The van der Waals surface area contributed by atoms with Crippen LogP contribution in [0.25, 0.3) is 21.1 Å². The Balaban J connectivity index is 0.00000113. The van der Waals surface area contributed by atoms with Crippen molar-refractivity contribution < 1.29 is 4.39 Å². The molecule has 5 aromatic rings. The first-order valence-corrected chi connectivity index (χ1v) is 19.9. The van der Waals surface area contributed by atoms with Crippen LogP contribution >= 0.6 is 22.7 Å². The number of hydrogen-bond donors (Lipinski definition) is 1. The van der Waals surface area contributed by atoms with Crippen molar-refractivity contribution in [3.63, 3.8) is 0 Å². The Kier molecular flexibility index (Phi) is 14.1. The second kappa shape index (κ2) is 18.7. The third kappa shape index (κ3) is 9.72. The Labute approximate surface area is 301 Å². The maximum absolute atomic E-state index is 13.4. The van der Waals surface area contributed by atoms with Crippen LogP contribution in [-0.4, -0.2) is 41.5 Å². The predicted octanol–water partition coefficient (Wildman–Crippen LogP) is 10.5. The summed E-state index contributed by atoms with van der Waals surface area (Å²) in [6, 6.07) is 23.8. The van der Waals surface area contributed by atoms with Crippen LogP contribution in [0.4, 0.5) is 4.39 Å². The molecule has 2 unspecified atom stereocenters. The lowest BCUT2D eigenvalue weighted by Crippen LogP contribution is -2.32. The number of fused-ring (bicyclic) bond motifs is 1. The number of thiazole rings is 2. The Hall–Kier alpha value is -3.23. The average molecular weight is 697 g/mol. The van der Waals surface area contributed by atoms with E-state index in [1.165, 1.54) is 86.6 Å². The third-order valence-electron chi connectivity index (χ3n) is 9.66. The molecule has 2 aromatic heterocycles. The minimum Gasteiger partial charge on any atom is -0.333 e. The van der Waals surface area contributed by atoms with Crippen molar-refractivity contribution in [2.45, 2.75) is 84.7 Å². The van der Waals surface area contributed by atoms with Crippen molar-refractivity contribution in [3.8, 4) is 21.1 Å². The Morgan fingerprint density at radius 3 is 2.06 bits per heavy atom. The summed E-state index contributed by atoms with van der Waals surface area (Å²) < 4.78 is 13.4. The van der Waals surface area contributed by atoms with E-state index in [0.717, 1.165) is 40.7 Å². The zero-order valence-electron chi connectivity index (χ0n) is 29.8. The standard InChI is InChI=1S/C39H42FN3S2.C2H6.CH5N/c1-27-8-6-12-32(18-27)38-41-35(25-44-38)21-34(24-43-16-4-5-17-43)37(31-15-14-29-10-2-3-11-30(29)20-31)22-36-26-45-39(42-36)33-13-7-9-28(19-33)23-40;2*1-2/h6-9,12-15,18-20,25-26,34,37H,2-5,10-11,16-17,21-24H2,1H3;1-2H3;2H2,1H3. The van der Waals surface area contributed by atoms with Gasteiger partial charge in [0.25, 0.3) is 0 Å². The first-order chi connectivity index (χ1) is 24.1. The van der Waals surface area contributed by atoms with E-state index in [9.17, 15) is 4.39 Å². The van der Waals surface area contributed by atoms with Gasteiger partial charge >= 0.3 is 0 Å². The molecule has 0 bridgehead atoms. The van der Waals surface area contributed by atoms with Gasteiger partial charge in [-0.25, -0.2) is 14.4 Å². The van der Waals surface area contributed by atoms with Gasteiger partial charge in [-0.15, -0.1) is 22.7 Å². The topological polar surface area (TPSA) is 55.0 Å². The summed E-state index contributed by atoms with van der Waals surface area (Å²) in [6.45, 7) is 9.14. The van der Waals surface area contributed by atoms with E-state index in [0.29, 0.717) is 17.4 Å². The highest BCUT2D eigenvalue weighted by Crippen LogP contribution is 2.37. The number of nitrogens with zero attached hydrogens (tertiary/aromatic N) is 3. The Bertz CT molecular complexity index is 1740. The van der Waals surface area contributed by atoms with Gasteiger partial charge in [-0.1, -0.05) is 74.0 Å². The molecule has 7 rings (SSSR count). The largest absolute Gasteiger partial charge is 0.333 e. The van der Waals surface area contributed by atoms with E-state index in [4.69, 9.17) is 9.97 Å². The van der Waals surface area contributed by atoms with Crippen LogP contribution in [0.2, 0.25) is 0 Å². The fourth-order valence-corrected chi connectivity index (χ4v) is 8.96. The van der Waals surface area contributed by atoms with Gasteiger partial charge in [-0.3, -0.25) is 0 Å². The average Bonchev–Trinajstić information content (AvgIpc) is 3.95. The summed E-state index contributed by atoms with van der Waals surface area (Å²) in [5.74, 6) is 0.742. The van der Waals surface area contributed by atoms with Crippen molar-refractivity contribution in [2.24, 2.45) is 11.7 Å². The van der Waals surface area contributed by atoms with Crippen LogP contribution < -0.4 is 5.73 Å². The zero-order chi connectivity index (χ0) is 34.6. The minimum atomic E-state index is -0.452. The third-order valence-corrected chi connectivity index (χ3v) is 11.5. The van der Waals surface area contributed by atoms with Gasteiger partial charge in [0.1, 0.15) is 16.7 Å². The zero-order valence-corrected chi connectivity index (χ0v) is 31.4. The summed E-state index contributed by atoms with van der Waals surface area (Å²) in [5, 5.41) is 6.60. The molecule has 1 fully saturated rings. The summed E-state index contributed by atoms with van der Waals surface area (Å²) in [7, 11) is 1.50. The molecule has 1 aliphatic carbocycles. The van der Waals surface area contributed by atoms with Crippen molar-refractivity contribution in [2.75, 3.05) is 26.7 Å². The van der Waals surface area contributed by atoms with Crippen molar-refractivity contribution in [3.05, 3.63) is 117 Å². The molecular weight excluding hydrogens is 644 g/mol. The lowest BCUT2D eigenvalue weighted by atomic mass is 9.78. The van der Waals surface area contributed by atoms with E-state index in [-0.39, 0.29) is 0 Å². The van der Waals surface area contributed by atoms with Crippen LogP contribution in [0.3, 0.4) is 0 Å². The second-order valence-corrected chi connectivity index (χ2v) is 14.7. The quantitative estimate of drug-likeness (QED) is 0.149. The fraction of sp³-hybridized carbons (Fsp3) is 0.429. The Morgan fingerprint density at radius 2 is 1.39 bits per heavy atom. The molecule has 0 radical (unpaired) electrons. The monoisotopic (exact) mass is 696 g/mol. The number of aryl methyl sites for hydroxylation is 3. The van der Waals surface area contributed by atoms with E-state index < -0.39 is 6.67 Å². The van der Waals surface area contributed by atoms with Crippen molar-refractivity contribution in [1.29, 1.82) is 0 Å². The van der Waals surface area contributed by atoms with Crippen LogP contribution in [0, 0.1) is 12.8 Å². The molecular formula is C42H53FN4S2. The van der Waals surface area contributed by atoms with E-state index in [1.807, 2.05) is 38.1 Å². The highest BCUT2D eigenvalue weighted by Gasteiger charge is 2.30. The van der Waals surface area contributed by atoms with E-state index >= 15 is 0 Å². The maximum atomic E-state index is 13.4. The lowest BCUT2D eigenvalue weighted by Gasteiger charge is -2.31. The van der Waals surface area contributed by atoms with Gasteiger partial charge in [0.15, 0.2) is 0 Å². The highest BCUT2D eigenvalue weighted by molar-refractivity contribution is 7.13. The maximum Gasteiger partial charge on any atom is 0.123 e. The van der Waals surface area contributed by atoms with Gasteiger partial charge in [0.05, 0.1) is 11.4 Å². The summed E-state index contributed by atoms with van der Waals surface area (Å²) in [4.78, 5) is 13.0. The van der Waals surface area contributed by atoms with Crippen LogP contribution in [0.5, 0.6) is 0 Å². The highest BCUT2D eigenvalue weighted by atomic mass is 32.1. The predicted molar refractivity (Wildman–Crippen MR) is 209 cm³/mol. The van der Waals surface area contributed by atoms with Crippen LogP contribution in [-0.2, 0) is 32.4 Å². The molecule has 2 aliphatic rings. The molecule has 0 amide bonds. The number of alkyl halides is 1. The van der Waals surface area contributed by atoms with Gasteiger partial charge in [0.2, 0.25) is 0 Å². The van der Waals surface area contributed by atoms with E-state index in [1.54, 1.807) is 28.2 Å². The van der Waals surface area contributed by atoms with Crippen LogP contribution in [0.1, 0.15) is 84.7 Å². The number of halogens is 1. The Morgan fingerprint density at radius 1 is 0.755 bits per heavy atom. The lowest BCUT2D eigenvalue weighted by molar-refractivity contribution is 0.247. The van der Waals surface area contributed by atoms with Crippen molar-refractivity contribution in [1.82, 2.24) is 14.9 Å².